The second-order valence-electron chi connectivity index (χ2n) is 4.23. The standard InChI is InChI=1S/C11H21IO2/c1-11(2,10(13)14-3)8-6-4-5-7-9-12/h4-9H2,1-3H3. The van der Waals surface area contributed by atoms with Crippen LogP contribution < -0.4 is 0 Å². The zero-order valence-corrected chi connectivity index (χ0v) is 11.6. The van der Waals surface area contributed by atoms with Crippen molar-refractivity contribution in [1.29, 1.82) is 0 Å². The zero-order valence-electron chi connectivity index (χ0n) is 9.44. The van der Waals surface area contributed by atoms with E-state index in [0.29, 0.717) is 0 Å². The van der Waals surface area contributed by atoms with E-state index in [0.717, 1.165) is 12.8 Å². The van der Waals surface area contributed by atoms with Crippen molar-refractivity contribution in [2.45, 2.75) is 46.0 Å². The first-order valence-electron chi connectivity index (χ1n) is 5.19. The number of hydrogen-bond donors (Lipinski definition) is 0. The van der Waals surface area contributed by atoms with Gasteiger partial charge in [-0.1, -0.05) is 41.9 Å². The van der Waals surface area contributed by atoms with Crippen LogP contribution in [0.3, 0.4) is 0 Å². The van der Waals surface area contributed by atoms with Crippen molar-refractivity contribution < 1.29 is 9.53 Å². The lowest BCUT2D eigenvalue weighted by Crippen LogP contribution is -2.25. The van der Waals surface area contributed by atoms with Gasteiger partial charge in [-0.2, -0.15) is 0 Å². The maximum absolute atomic E-state index is 11.3. The van der Waals surface area contributed by atoms with Gasteiger partial charge in [0.05, 0.1) is 12.5 Å². The summed E-state index contributed by atoms with van der Waals surface area (Å²) in [4.78, 5) is 11.3. The predicted molar refractivity (Wildman–Crippen MR) is 67.8 cm³/mol. The van der Waals surface area contributed by atoms with Gasteiger partial charge in [0.2, 0.25) is 0 Å². The van der Waals surface area contributed by atoms with Gasteiger partial charge in [-0.25, -0.2) is 0 Å². The minimum Gasteiger partial charge on any atom is -0.469 e. The summed E-state index contributed by atoms with van der Waals surface area (Å²) in [7, 11) is 1.46. The lowest BCUT2D eigenvalue weighted by atomic mass is 9.87. The molecule has 14 heavy (non-hydrogen) atoms. The minimum atomic E-state index is -0.306. The molecule has 0 N–H and O–H groups in total. The first-order chi connectivity index (χ1) is 6.54. The van der Waals surface area contributed by atoms with Crippen LogP contribution in [0.5, 0.6) is 0 Å². The van der Waals surface area contributed by atoms with E-state index in [1.165, 1.54) is 30.8 Å². The van der Waals surface area contributed by atoms with Crippen molar-refractivity contribution >= 4 is 28.6 Å². The molecule has 0 aromatic heterocycles. The summed E-state index contributed by atoms with van der Waals surface area (Å²) in [6.07, 6.45) is 5.85. The van der Waals surface area contributed by atoms with Gasteiger partial charge in [-0.3, -0.25) is 4.79 Å². The molecule has 0 aromatic carbocycles. The van der Waals surface area contributed by atoms with E-state index in [-0.39, 0.29) is 11.4 Å². The van der Waals surface area contributed by atoms with Crippen LogP contribution in [0.15, 0.2) is 0 Å². The molecule has 0 aromatic rings. The Morgan fingerprint density at radius 1 is 1.21 bits per heavy atom. The SMILES string of the molecule is COC(=O)C(C)(C)CCCCCCI. The van der Waals surface area contributed by atoms with E-state index in [4.69, 9.17) is 4.74 Å². The molecule has 0 unspecified atom stereocenters. The number of rotatable bonds is 7. The minimum absolute atomic E-state index is 0.0913. The lowest BCUT2D eigenvalue weighted by molar-refractivity contribution is -0.151. The predicted octanol–water partition coefficient (Wildman–Crippen LogP) is 3.57. The van der Waals surface area contributed by atoms with E-state index in [1.807, 2.05) is 13.8 Å². The monoisotopic (exact) mass is 312 g/mol. The molecule has 3 heteroatoms. The molecular weight excluding hydrogens is 291 g/mol. The van der Waals surface area contributed by atoms with Gasteiger partial charge < -0.3 is 4.74 Å². The van der Waals surface area contributed by atoms with Crippen LogP contribution in [-0.2, 0) is 9.53 Å². The van der Waals surface area contributed by atoms with Crippen LogP contribution in [-0.4, -0.2) is 17.5 Å². The van der Waals surface area contributed by atoms with Crippen LogP contribution in [0.2, 0.25) is 0 Å². The number of carbonyl (C=O) groups is 1. The van der Waals surface area contributed by atoms with Crippen LogP contribution in [0.1, 0.15) is 46.0 Å². The summed E-state index contributed by atoms with van der Waals surface area (Å²) < 4.78 is 5.99. The third kappa shape index (κ3) is 5.83. The Balaban J connectivity index is 3.60. The molecule has 0 aliphatic heterocycles. The fourth-order valence-electron chi connectivity index (χ4n) is 1.39. The fraction of sp³-hybridized carbons (Fsp3) is 0.909. The van der Waals surface area contributed by atoms with Gasteiger partial charge in [0, 0.05) is 0 Å². The summed E-state index contributed by atoms with van der Waals surface area (Å²) in [5.74, 6) is -0.0913. The Hall–Kier alpha value is 0.200. The van der Waals surface area contributed by atoms with Crippen molar-refractivity contribution in [2.24, 2.45) is 5.41 Å². The summed E-state index contributed by atoms with van der Waals surface area (Å²) in [6.45, 7) is 3.91. The van der Waals surface area contributed by atoms with Crippen molar-refractivity contribution in [2.75, 3.05) is 11.5 Å². The molecule has 0 bridgehead atoms. The molecule has 0 amide bonds. The Morgan fingerprint density at radius 2 is 1.79 bits per heavy atom. The first-order valence-corrected chi connectivity index (χ1v) is 6.71. The summed E-state index contributed by atoms with van der Waals surface area (Å²) >= 11 is 2.40. The number of unbranched alkanes of at least 4 members (excludes halogenated alkanes) is 3. The van der Waals surface area contributed by atoms with Crippen molar-refractivity contribution in [3.8, 4) is 0 Å². The molecule has 0 radical (unpaired) electrons. The molecule has 0 spiro atoms. The quantitative estimate of drug-likeness (QED) is 0.311. The Morgan fingerprint density at radius 3 is 2.29 bits per heavy atom. The Labute approximate surface area is 101 Å². The number of hydrogen-bond acceptors (Lipinski definition) is 2. The van der Waals surface area contributed by atoms with Gasteiger partial charge in [0.25, 0.3) is 0 Å². The third-order valence-corrected chi connectivity index (χ3v) is 3.19. The molecule has 0 rings (SSSR count). The zero-order chi connectivity index (χ0) is 11.0. The highest BCUT2D eigenvalue weighted by Gasteiger charge is 2.27. The molecule has 0 aliphatic rings. The molecule has 0 saturated carbocycles. The van der Waals surface area contributed by atoms with Crippen molar-refractivity contribution in [3.63, 3.8) is 0 Å². The van der Waals surface area contributed by atoms with Crippen LogP contribution in [0.25, 0.3) is 0 Å². The number of halogens is 1. The van der Waals surface area contributed by atoms with Crippen molar-refractivity contribution in [1.82, 2.24) is 0 Å². The smallest absolute Gasteiger partial charge is 0.311 e. The second kappa shape index (κ2) is 7.49. The summed E-state index contributed by atoms with van der Waals surface area (Å²) in [6, 6.07) is 0. The van der Waals surface area contributed by atoms with Crippen LogP contribution in [0, 0.1) is 5.41 Å². The maximum Gasteiger partial charge on any atom is 0.311 e. The molecule has 0 aliphatic carbocycles. The van der Waals surface area contributed by atoms with Crippen molar-refractivity contribution in [3.05, 3.63) is 0 Å². The largest absolute Gasteiger partial charge is 0.469 e. The topological polar surface area (TPSA) is 26.3 Å². The number of carbonyl (C=O) groups excluding carboxylic acids is 1. The second-order valence-corrected chi connectivity index (χ2v) is 5.31. The number of ether oxygens (including phenoxy) is 1. The third-order valence-electron chi connectivity index (χ3n) is 2.42. The molecule has 0 atom stereocenters. The highest BCUT2D eigenvalue weighted by Crippen LogP contribution is 2.25. The summed E-state index contributed by atoms with van der Waals surface area (Å²) in [5, 5.41) is 0. The average Bonchev–Trinajstić information content (AvgIpc) is 2.16. The van der Waals surface area contributed by atoms with Gasteiger partial charge in [0.15, 0.2) is 0 Å². The normalized spacial score (nSPS) is 11.4. The fourth-order valence-corrected chi connectivity index (χ4v) is 1.93. The first kappa shape index (κ1) is 14.2. The Bertz CT molecular complexity index is 167. The number of methoxy groups -OCH3 is 1. The number of alkyl halides is 1. The number of esters is 1. The molecule has 84 valence electrons. The Kier molecular flexibility index (Phi) is 7.59. The van der Waals surface area contributed by atoms with Gasteiger partial charge in [-0.05, 0) is 31.1 Å². The molecular formula is C11H21IO2. The maximum atomic E-state index is 11.3. The van der Waals surface area contributed by atoms with Gasteiger partial charge >= 0.3 is 5.97 Å². The lowest BCUT2D eigenvalue weighted by Gasteiger charge is -2.20. The van der Waals surface area contributed by atoms with Crippen LogP contribution >= 0.6 is 22.6 Å². The highest BCUT2D eigenvalue weighted by atomic mass is 127. The van der Waals surface area contributed by atoms with E-state index < -0.39 is 0 Å². The summed E-state index contributed by atoms with van der Waals surface area (Å²) in [5.41, 5.74) is -0.306. The van der Waals surface area contributed by atoms with E-state index in [9.17, 15) is 4.79 Å². The van der Waals surface area contributed by atoms with Crippen LogP contribution in [0.4, 0.5) is 0 Å². The average molecular weight is 312 g/mol. The molecule has 0 heterocycles. The van der Waals surface area contributed by atoms with E-state index in [1.54, 1.807) is 0 Å². The van der Waals surface area contributed by atoms with E-state index >= 15 is 0 Å². The van der Waals surface area contributed by atoms with E-state index in [2.05, 4.69) is 22.6 Å². The highest BCUT2D eigenvalue weighted by molar-refractivity contribution is 14.1. The molecule has 2 nitrogen and oxygen atoms in total. The molecule has 0 fully saturated rings. The van der Waals surface area contributed by atoms with Gasteiger partial charge in [0.1, 0.15) is 0 Å². The van der Waals surface area contributed by atoms with Gasteiger partial charge in [-0.15, -0.1) is 0 Å². The molecule has 0 saturated heterocycles.